The largest absolute Gasteiger partial charge is 0.472 e. The third kappa shape index (κ3) is 3.10. The molecule has 3 aliphatic rings. The van der Waals surface area contributed by atoms with Crippen molar-refractivity contribution in [1.82, 2.24) is 9.78 Å². The Morgan fingerprint density at radius 3 is 3.03 bits per heavy atom. The fourth-order valence-corrected chi connectivity index (χ4v) is 5.52. The van der Waals surface area contributed by atoms with Gasteiger partial charge in [0.1, 0.15) is 17.2 Å². The number of nitrogens with two attached hydrogens (primary N) is 1. The van der Waals surface area contributed by atoms with Crippen LogP contribution in [0.2, 0.25) is 0 Å². The fourth-order valence-electron chi connectivity index (χ4n) is 4.53. The summed E-state index contributed by atoms with van der Waals surface area (Å²) in [5.74, 6) is 0.281. The lowest BCUT2D eigenvalue weighted by molar-refractivity contribution is 0.248. The highest BCUT2D eigenvalue weighted by Gasteiger charge is 2.31. The van der Waals surface area contributed by atoms with Gasteiger partial charge in [-0.25, -0.2) is 23.2 Å². The molecule has 3 N–H and O–H groups in total. The van der Waals surface area contributed by atoms with Crippen molar-refractivity contribution in [3.05, 3.63) is 34.5 Å². The molecule has 0 saturated heterocycles. The molecule has 154 valence electrons. The van der Waals surface area contributed by atoms with E-state index in [2.05, 4.69) is 20.8 Å². The number of carbonyl (C=O) groups excluding carboxylic acids is 1. The van der Waals surface area contributed by atoms with Gasteiger partial charge in [0.05, 0.1) is 12.7 Å². The molecular formula is C19H22FN5O3S. The first-order chi connectivity index (χ1) is 13.8. The van der Waals surface area contributed by atoms with Crippen molar-refractivity contribution < 1.29 is 18.1 Å². The summed E-state index contributed by atoms with van der Waals surface area (Å²) in [4.78, 5) is 12.8. The van der Waals surface area contributed by atoms with E-state index in [0.717, 1.165) is 41.5 Å². The molecule has 0 unspecified atom stereocenters. The Morgan fingerprint density at radius 1 is 1.38 bits per heavy atom. The van der Waals surface area contributed by atoms with E-state index in [9.17, 15) is 13.4 Å². The van der Waals surface area contributed by atoms with Crippen LogP contribution in [0, 0.1) is 0 Å². The molecule has 5 rings (SSSR count). The number of amides is 2. The average molecular weight is 419 g/mol. The number of halogens is 1. The Kier molecular flexibility index (Phi) is 4.18. The number of rotatable bonds is 2. The predicted octanol–water partition coefficient (Wildman–Crippen LogP) is 2.52. The number of carbonyl (C=O) groups is 1. The Morgan fingerprint density at radius 2 is 2.21 bits per heavy atom. The lowest BCUT2D eigenvalue weighted by Crippen LogP contribution is -2.19. The lowest BCUT2D eigenvalue weighted by atomic mass is 9.99. The monoisotopic (exact) mass is 419 g/mol. The van der Waals surface area contributed by atoms with Crippen molar-refractivity contribution in [3.8, 4) is 5.88 Å². The number of fused-ring (bicyclic) bond motifs is 3. The predicted molar refractivity (Wildman–Crippen MR) is 105 cm³/mol. The van der Waals surface area contributed by atoms with Gasteiger partial charge in [0, 0.05) is 18.5 Å². The minimum Gasteiger partial charge on any atom is -0.472 e. The number of hydrogen-bond acceptors (Lipinski definition) is 4. The van der Waals surface area contributed by atoms with Crippen LogP contribution in [0.25, 0.3) is 0 Å². The summed E-state index contributed by atoms with van der Waals surface area (Å²) in [6.07, 6.45) is 3.58. The average Bonchev–Trinajstić information content (AvgIpc) is 3.36. The van der Waals surface area contributed by atoms with Crippen LogP contribution in [-0.2, 0) is 42.1 Å². The van der Waals surface area contributed by atoms with Crippen LogP contribution in [0.15, 0.2) is 21.5 Å². The van der Waals surface area contributed by atoms with Crippen molar-refractivity contribution in [2.75, 3.05) is 5.32 Å². The van der Waals surface area contributed by atoms with Gasteiger partial charge in [0.2, 0.25) is 5.88 Å². The zero-order valence-corrected chi connectivity index (χ0v) is 16.8. The third-order valence-corrected chi connectivity index (χ3v) is 7.08. The number of urea groups is 1. The van der Waals surface area contributed by atoms with Crippen LogP contribution in [-0.4, -0.2) is 32.3 Å². The number of anilines is 1. The van der Waals surface area contributed by atoms with Gasteiger partial charge in [0.25, 0.3) is 0 Å². The molecule has 0 fully saturated rings. The second-order valence-electron chi connectivity index (χ2n) is 7.90. The Labute approximate surface area is 167 Å². The standard InChI is InChI=1S/C19H22FN5O3S/c1-10-9-25-18(28-10)16(8-22-25)29(21,27)24-19(26)23-17-14-4-2-3-11(14)5-12-6-13(20)7-15(12)17/h5,8,10,13H,2-4,6-7,9H2,1H3,(H3,21,23,24,26,27)/t10-,13-,29+/m1/s1. The minimum atomic E-state index is -3.54. The molecule has 1 aromatic heterocycles. The second kappa shape index (κ2) is 6.53. The van der Waals surface area contributed by atoms with Gasteiger partial charge in [-0.05, 0) is 48.4 Å². The van der Waals surface area contributed by atoms with Gasteiger partial charge in [-0.3, -0.25) is 0 Å². The van der Waals surface area contributed by atoms with Gasteiger partial charge < -0.3 is 10.1 Å². The number of benzene rings is 1. The van der Waals surface area contributed by atoms with Gasteiger partial charge in [-0.15, -0.1) is 4.36 Å². The van der Waals surface area contributed by atoms with Crippen LogP contribution in [0.5, 0.6) is 5.88 Å². The van der Waals surface area contributed by atoms with Crippen LogP contribution < -0.4 is 15.2 Å². The number of nitrogens with zero attached hydrogens (tertiary/aromatic N) is 3. The molecular weight excluding hydrogens is 397 g/mol. The first-order valence-corrected chi connectivity index (χ1v) is 11.3. The van der Waals surface area contributed by atoms with Crippen molar-refractivity contribution in [2.45, 2.75) is 62.7 Å². The maximum Gasteiger partial charge on any atom is 0.354 e. The highest BCUT2D eigenvalue weighted by Crippen LogP contribution is 2.39. The number of alkyl halides is 1. The van der Waals surface area contributed by atoms with E-state index in [4.69, 9.17) is 9.88 Å². The highest BCUT2D eigenvalue weighted by atomic mass is 32.2. The van der Waals surface area contributed by atoms with Crippen molar-refractivity contribution in [2.24, 2.45) is 9.50 Å². The van der Waals surface area contributed by atoms with E-state index in [1.54, 1.807) is 4.68 Å². The van der Waals surface area contributed by atoms with Gasteiger partial charge in [0.15, 0.2) is 9.92 Å². The molecule has 3 atom stereocenters. The number of ether oxygens (including phenoxy) is 1. The van der Waals surface area contributed by atoms with Crippen LogP contribution in [0.4, 0.5) is 14.9 Å². The summed E-state index contributed by atoms with van der Waals surface area (Å²) in [6.45, 7) is 2.37. The third-order valence-electron chi connectivity index (χ3n) is 5.74. The van der Waals surface area contributed by atoms with E-state index in [0.29, 0.717) is 18.7 Å². The van der Waals surface area contributed by atoms with Gasteiger partial charge >= 0.3 is 6.03 Å². The SMILES string of the molecule is C[C@@H]1Cn2ncc([S@@](N)(=O)=NC(=O)Nc3c4c(cc5c3C[C@H](F)C5)CCC4)c2O1. The summed E-state index contributed by atoms with van der Waals surface area (Å²) >= 11 is 0. The number of hydrogen-bond donors (Lipinski definition) is 2. The normalized spacial score (nSPS) is 23.7. The van der Waals surface area contributed by atoms with E-state index >= 15 is 0 Å². The van der Waals surface area contributed by atoms with Crippen LogP contribution >= 0.6 is 0 Å². The number of aryl methyl sites for hydroxylation is 1. The maximum absolute atomic E-state index is 14.0. The smallest absolute Gasteiger partial charge is 0.354 e. The molecule has 10 heteroatoms. The number of aromatic nitrogens is 2. The molecule has 2 aromatic rings. The van der Waals surface area contributed by atoms with Crippen molar-refractivity contribution in [3.63, 3.8) is 0 Å². The summed E-state index contributed by atoms with van der Waals surface area (Å²) in [6, 6.07) is 1.25. The van der Waals surface area contributed by atoms with Gasteiger partial charge in [-0.2, -0.15) is 5.10 Å². The Bertz CT molecular complexity index is 1150. The van der Waals surface area contributed by atoms with E-state index in [-0.39, 0.29) is 23.3 Å². The fraction of sp³-hybridized carbons (Fsp3) is 0.474. The van der Waals surface area contributed by atoms with Crippen molar-refractivity contribution >= 4 is 21.6 Å². The van der Waals surface area contributed by atoms with E-state index in [1.807, 2.05) is 6.92 Å². The topological polar surface area (TPSA) is 112 Å². The number of nitrogens with one attached hydrogen (secondary N) is 1. The molecule has 2 aliphatic carbocycles. The van der Waals surface area contributed by atoms with E-state index < -0.39 is 22.1 Å². The Hall–Kier alpha value is -2.46. The quantitative estimate of drug-likeness (QED) is 0.779. The summed E-state index contributed by atoms with van der Waals surface area (Å²) in [5.41, 5.74) is 4.52. The molecule has 1 aliphatic heterocycles. The van der Waals surface area contributed by atoms with Crippen LogP contribution in [0.1, 0.15) is 35.6 Å². The molecule has 0 bridgehead atoms. The van der Waals surface area contributed by atoms with Crippen molar-refractivity contribution in [1.29, 1.82) is 0 Å². The molecule has 8 nitrogen and oxygen atoms in total. The summed E-state index contributed by atoms with van der Waals surface area (Å²) < 4.78 is 37.9. The Balaban J connectivity index is 1.49. The summed E-state index contributed by atoms with van der Waals surface area (Å²) in [7, 11) is -3.54. The molecule has 0 saturated carbocycles. The minimum absolute atomic E-state index is 0.101. The zero-order valence-electron chi connectivity index (χ0n) is 16.0. The van der Waals surface area contributed by atoms with Crippen LogP contribution in [0.3, 0.4) is 0 Å². The molecule has 2 amide bonds. The maximum atomic E-state index is 14.0. The molecule has 1 aromatic carbocycles. The molecule has 2 heterocycles. The molecule has 0 radical (unpaired) electrons. The zero-order chi connectivity index (χ0) is 20.3. The second-order valence-corrected chi connectivity index (χ2v) is 9.66. The first-order valence-electron chi connectivity index (χ1n) is 9.71. The lowest BCUT2D eigenvalue weighted by Gasteiger charge is -2.15. The first kappa shape index (κ1) is 18.6. The highest BCUT2D eigenvalue weighted by molar-refractivity contribution is 7.91. The van der Waals surface area contributed by atoms with Gasteiger partial charge in [-0.1, -0.05) is 6.07 Å². The molecule has 29 heavy (non-hydrogen) atoms. The molecule has 0 spiro atoms. The summed E-state index contributed by atoms with van der Waals surface area (Å²) in [5, 5.41) is 12.8. The van der Waals surface area contributed by atoms with E-state index in [1.165, 1.54) is 6.20 Å².